The van der Waals surface area contributed by atoms with E-state index in [2.05, 4.69) is 10.3 Å². The quantitative estimate of drug-likeness (QED) is 0.583. The summed E-state index contributed by atoms with van der Waals surface area (Å²) in [4.78, 5) is 17.2. The molecule has 2 saturated carbocycles. The van der Waals surface area contributed by atoms with Crippen LogP contribution >= 0.6 is 0 Å². The number of nitrogens with two attached hydrogens (primary N) is 1. The van der Waals surface area contributed by atoms with Crippen molar-refractivity contribution in [3.8, 4) is 0 Å². The Morgan fingerprint density at radius 1 is 1.22 bits per heavy atom. The fourth-order valence-corrected chi connectivity index (χ4v) is 4.59. The molecule has 2 atom stereocenters. The number of carbonyl (C=O) groups excluding carboxylic acids is 1. The molecule has 1 amide bonds. The number of rotatable bonds is 5. The van der Waals surface area contributed by atoms with Crippen LogP contribution in [0.4, 0.5) is 13.6 Å². The maximum absolute atomic E-state index is 13.8. The molecule has 6 nitrogen and oxygen atoms in total. The average Bonchev–Trinajstić information content (AvgIpc) is 3.06. The van der Waals surface area contributed by atoms with Crippen molar-refractivity contribution in [2.24, 2.45) is 17.6 Å². The largest absolute Gasteiger partial charge is 0.444 e. The van der Waals surface area contributed by atoms with Crippen LogP contribution in [-0.2, 0) is 4.74 Å². The van der Waals surface area contributed by atoms with Crippen LogP contribution in [0.5, 0.6) is 0 Å². The van der Waals surface area contributed by atoms with Crippen molar-refractivity contribution in [2.45, 2.75) is 89.3 Å². The van der Waals surface area contributed by atoms with Gasteiger partial charge in [-0.3, -0.25) is 0 Å². The fourth-order valence-electron chi connectivity index (χ4n) is 4.59. The molecule has 2 aliphatic rings. The Balaban J connectivity index is 1.59. The number of oxazole rings is 1. The molecule has 4 rings (SSSR count). The van der Waals surface area contributed by atoms with Gasteiger partial charge in [0.25, 0.3) is 0 Å². The van der Waals surface area contributed by atoms with Crippen molar-refractivity contribution in [3.63, 3.8) is 0 Å². The third kappa shape index (κ3) is 5.22. The van der Waals surface area contributed by atoms with Crippen molar-refractivity contribution in [1.82, 2.24) is 10.3 Å². The van der Waals surface area contributed by atoms with Crippen molar-refractivity contribution < 1.29 is 22.7 Å². The Hall–Kier alpha value is -2.22. The number of alkyl halides is 2. The summed E-state index contributed by atoms with van der Waals surface area (Å²) in [5.41, 5.74) is 8.00. The fraction of sp³-hybridized carbons (Fsp3) is 0.667. The molecular weight excluding hydrogens is 416 g/mol. The van der Waals surface area contributed by atoms with Crippen LogP contribution in [0.25, 0.3) is 11.1 Å². The summed E-state index contributed by atoms with van der Waals surface area (Å²) in [7, 11) is 0. The maximum Gasteiger partial charge on any atom is 0.408 e. The van der Waals surface area contributed by atoms with Gasteiger partial charge in [0.15, 0.2) is 5.58 Å². The third-order valence-electron chi connectivity index (χ3n) is 6.64. The van der Waals surface area contributed by atoms with E-state index < -0.39 is 23.7 Å². The van der Waals surface area contributed by atoms with Crippen molar-refractivity contribution in [1.29, 1.82) is 0 Å². The summed E-state index contributed by atoms with van der Waals surface area (Å²) in [5.74, 6) is -2.08. The molecule has 0 saturated heterocycles. The summed E-state index contributed by atoms with van der Waals surface area (Å²) < 4.78 is 38.9. The lowest BCUT2D eigenvalue weighted by atomic mass is 9.77. The molecule has 32 heavy (non-hydrogen) atoms. The maximum atomic E-state index is 13.8. The minimum Gasteiger partial charge on any atom is -0.444 e. The lowest BCUT2D eigenvalue weighted by Gasteiger charge is -2.33. The second-order valence-electron chi connectivity index (χ2n) is 10.3. The highest BCUT2D eigenvalue weighted by atomic mass is 19.3. The summed E-state index contributed by atoms with van der Waals surface area (Å²) >= 11 is 0. The number of alkyl carbamates (subject to hydrolysis) is 1. The number of aromatic nitrogens is 1. The summed E-state index contributed by atoms with van der Waals surface area (Å²) in [6.07, 6.45) is 2.97. The van der Waals surface area contributed by atoms with Gasteiger partial charge in [-0.15, -0.1) is 0 Å². The minimum absolute atomic E-state index is 0.0374. The van der Waals surface area contributed by atoms with E-state index in [-0.39, 0.29) is 37.6 Å². The second-order valence-corrected chi connectivity index (χ2v) is 10.3. The molecule has 1 aromatic carbocycles. The molecule has 176 valence electrons. The van der Waals surface area contributed by atoms with E-state index >= 15 is 0 Å². The summed E-state index contributed by atoms with van der Waals surface area (Å²) in [6.45, 7) is 5.32. The number of halogens is 2. The van der Waals surface area contributed by atoms with E-state index in [0.717, 1.165) is 18.4 Å². The SMILES string of the molecule is CC(C)(C)OC(=O)N[C@H](c1nc2cc(C(N)C3CCC3)ccc2o1)C1CCC(F)(F)CC1. The number of fused-ring (bicyclic) bond motifs is 1. The number of amides is 1. The smallest absolute Gasteiger partial charge is 0.408 e. The predicted octanol–water partition coefficient (Wildman–Crippen LogP) is 6.02. The monoisotopic (exact) mass is 449 g/mol. The first-order valence-electron chi connectivity index (χ1n) is 11.5. The van der Waals surface area contributed by atoms with Crippen LogP contribution in [0.1, 0.15) is 89.3 Å². The molecule has 0 aliphatic heterocycles. The molecule has 2 aliphatic carbocycles. The molecule has 1 heterocycles. The standard InChI is InChI=1S/C24H33F2N3O3/c1-23(2,3)32-22(30)29-20(15-9-11-24(25,26)12-10-15)21-28-17-13-16(7-8-18(17)31-21)19(27)14-5-4-6-14/h7-8,13-15,19-20H,4-6,9-12,27H2,1-3H3,(H,29,30)/t19?,20-/m0/s1. The lowest BCUT2D eigenvalue weighted by molar-refractivity contribution is -0.0509. The number of nitrogens with zero attached hydrogens (tertiary/aromatic N) is 1. The number of hydrogen-bond acceptors (Lipinski definition) is 5. The zero-order chi connectivity index (χ0) is 23.1. The van der Waals surface area contributed by atoms with E-state index in [1.807, 2.05) is 18.2 Å². The van der Waals surface area contributed by atoms with Crippen molar-refractivity contribution in [3.05, 3.63) is 29.7 Å². The van der Waals surface area contributed by atoms with Gasteiger partial charge in [-0.1, -0.05) is 12.5 Å². The van der Waals surface area contributed by atoms with Gasteiger partial charge < -0.3 is 20.2 Å². The lowest BCUT2D eigenvalue weighted by Crippen LogP contribution is -2.40. The first kappa shape index (κ1) is 23.0. The van der Waals surface area contributed by atoms with Crippen LogP contribution < -0.4 is 11.1 Å². The normalized spacial score (nSPS) is 21.7. The molecule has 1 aromatic heterocycles. The Bertz CT molecular complexity index is 955. The zero-order valence-corrected chi connectivity index (χ0v) is 19.0. The van der Waals surface area contributed by atoms with E-state index in [0.29, 0.717) is 22.9 Å². The molecule has 1 unspecified atom stereocenters. The second kappa shape index (κ2) is 8.61. The van der Waals surface area contributed by atoms with E-state index in [4.69, 9.17) is 14.9 Å². The van der Waals surface area contributed by atoms with Crippen LogP contribution in [0.3, 0.4) is 0 Å². The van der Waals surface area contributed by atoms with E-state index in [1.54, 1.807) is 20.8 Å². The van der Waals surface area contributed by atoms with Gasteiger partial charge in [-0.05, 0) is 76.0 Å². The Labute approximate surface area is 187 Å². The number of nitrogens with one attached hydrogen (secondary N) is 1. The van der Waals surface area contributed by atoms with E-state index in [1.165, 1.54) is 6.42 Å². The Morgan fingerprint density at radius 2 is 1.91 bits per heavy atom. The molecular formula is C24H33F2N3O3. The number of carbonyl (C=O) groups is 1. The minimum atomic E-state index is -2.67. The van der Waals surface area contributed by atoms with Crippen LogP contribution in [-0.4, -0.2) is 22.6 Å². The van der Waals surface area contributed by atoms with E-state index in [9.17, 15) is 13.6 Å². The van der Waals surface area contributed by atoms with Crippen molar-refractivity contribution >= 4 is 17.2 Å². The molecule has 0 spiro atoms. The van der Waals surface area contributed by atoms with Crippen LogP contribution in [0, 0.1) is 11.8 Å². The average molecular weight is 450 g/mol. The zero-order valence-electron chi connectivity index (χ0n) is 19.0. The molecule has 2 aromatic rings. The highest BCUT2D eigenvalue weighted by molar-refractivity contribution is 5.74. The number of benzene rings is 1. The topological polar surface area (TPSA) is 90.4 Å². The molecule has 2 fully saturated rings. The van der Waals surface area contributed by atoms with Gasteiger partial charge in [0.1, 0.15) is 17.2 Å². The van der Waals surface area contributed by atoms with Gasteiger partial charge in [0.2, 0.25) is 11.8 Å². The first-order valence-corrected chi connectivity index (χ1v) is 11.5. The number of hydrogen-bond donors (Lipinski definition) is 2. The molecule has 0 radical (unpaired) electrons. The summed E-state index contributed by atoms with van der Waals surface area (Å²) in [6, 6.07) is 5.06. The van der Waals surface area contributed by atoms with Gasteiger partial charge in [-0.25, -0.2) is 18.6 Å². The number of ether oxygens (including phenoxy) is 1. The predicted molar refractivity (Wildman–Crippen MR) is 117 cm³/mol. The third-order valence-corrected chi connectivity index (χ3v) is 6.64. The van der Waals surface area contributed by atoms with Gasteiger partial charge in [-0.2, -0.15) is 0 Å². The van der Waals surface area contributed by atoms with Crippen molar-refractivity contribution in [2.75, 3.05) is 0 Å². The summed E-state index contributed by atoms with van der Waals surface area (Å²) in [5, 5.41) is 2.83. The van der Waals surface area contributed by atoms with Gasteiger partial charge in [0.05, 0.1) is 0 Å². The Morgan fingerprint density at radius 3 is 2.50 bits per heavy atom. The molecule has 0 bridgehead atoms. The van der Waals surface area contributed by atoms with Gasteiger partial charge in [0, 0.05) is 18.9 Å². The highest BCUT2D eigenvalue weighted by Gasteiger charge is 2.40. The molecule has 8 heteroatoms. The Kier molecular flexibility index (Phi) is 6.18. The van der Waals surface area contributed by atoms with Crippen LogP contribution in [0.2, 0.25) is 0 Å². The van der Waals surface area contributed by atoms with Crippen LogP contribution in [0.15, 0.2) is 22.6 Å². The first-order chi connectivity index (χ1) is 15.0. The molecule has 3 N–H and O–H groups in total. The van der Waals surface area contributed by atoms with Gasteiger partial charge >= 0.3 is 6.09 Å². The highest BCUT2D eigenvalue weighted by Crippen LogP contribution is 2.42.